The lowest BCUT2D eigenvalue weighted by molar-refractivity contribution is -0.138. The van der Waals surface area contributed by atoms with Gasteiger partial charge in [0.05, 0.1) is 25.2 Å². The SMILES string of the molecule is CC(=O)N1C=Cc2ccccc2C1CC(=O)NCc1cn(CC(=O)O)nn1. The zero-order valence-corrected chi connectivity index (χ0v) is 14.7. The molecule has 9 nitrogen and oxygen atoms in total. The van der Waals surface area contributed by atoms with E-state index in [1.165, 1.54) is 17.8 Å². The lowest BCUT2D eigenvalue weighted by Crippen LogP contribution is -2.35. The third-order valence-corrected chi connectivity index (χ3v) is 4.20. The Balaban J connectivity index is 1.65. The van der Waals surface area contributed by atoms with Gasteiger partial charge >= 0.3 is 5.97 Å². The van der Waals surface area contributed by atoms with E-state index in [2.05, 4.69) is 15.6 Å². The maximum atomic E-state index is 12.4. The Morgan fingerprint density at radius 2 is 2.04 bits per heavy atom. The predicted molar refractivity (Wildman–Crippen MR) is 94.9 cm³/mol. The van der Waals surface area contributed by atoms with Gasteiger partial charge in [-0.2, -0.15) is 0 Å². The number of nitrogens with one attached hydrogen (secondary N) is 1. The highest BCUT2D eigenvalue weighted by Crippen LogP contribution is 2.32. The van der Waals surface area contributed by atoms with E-state index in [-0.39, 0.29) is 37.4 Å². The van der Waals surface area contributed by atoms with Crippen LogP contribution in [0, 0.1) is 0 Å². The minimum atomic E-state index is -1.02. The molecule has 2 amide bonds. The van der Waals surface area contributed by atoms with Gasteiger partial charge in [0.15, 0.2) is 0 Å². The lowest BCUT2D eigenvalue weighted by Gasteiger charge is -2.32. The summed E-state index contributed by atoms with van der Waals surface area (Å²) in [5, 5.41) is 19.0. The summed E-state index contributed by atoms with van der Waals surface area (Å²) in [7, 11) is 0. The maximum absolute atomic E-state index is 12.4. The second-order valence-electron chi connectivity index (χ2n) is 6.17. The molecule has 1 atom stereocenters. The van der Waals surface area contributed by atoms with E-state index in [4.69, 9.17) is 5.11 Å². The molecule has 27 heavy (non-hydrogen) atoms. The predicted octanol–water partition coefficient (Wildman–Crippen LogP) is 0.943. The summed E-state index contributed by atoms with van der Waals surface area (Å²) in [6, 6.07) is 7.25. The number of rotatable bonds is 6. The number of carboxylic acid groups (broad SMARTS) is 1. The molecule has 2 aromatic rings. The third kappa shape index (κ3) is 4.38. The molecule has 2 heterocycles. The molecule has 3 rings (SSSR count). The molecule has 140 valence electrons. The first-order chi connectivity index (χ1) is 12.9. The standard InChI is InChI=1S/C18H19N5O4/c1-12(24)23-7-6-13-4-2-3-5-15(13)16(23)8-17(25)19-9-14-10-22(21-20-14)11-18(26)27/h2-7,10,16H,8-9,11H2,1H3,(H,19,25)(H,26,27). The number of carbonyl (C=O) groups excluding carboxylic acids is 2. The summed E-state index contributed by atoms with van der Waals surface area (Å²) >= 11 is 0. The molecule has 0 saturated heterocycles. The van der Waals surface area contributed by atoms with Crippen molar-refractivity contribution in [3.05, 3.63) is 53.5 Å². The zero-order chi connectivity index (χ0) is 19.4. The van der Waals surface area contributed by atoms with Crippen LogP contribution < -0.4 is 5.32 Å². The van der Waals surface area contributed by atoms with Gasteiger partial charge in [0.25, 0.3) is 0 Å². The van der Waals surface area contributed by atoms with Crippen LogP contribution >= 0.6 is 0 Å². The summed E-state index contributed by atoms with van der Waals surface area (Å²) in [5.41, 5.74) is 2.35. The summed E-state index contributed by atoms with van der Waals surface area (Å²) in [6.07, 6.45) is 5.12. The van der Waals surface area contributed by atoms with Gasteiger partial charge < -0.3 is 15.3 Å². The van der Waals surface area contributed by atoms with Crippen LogP contribution in [0.1, 0.15) is 36.2 Å². The maximum Gasteiger partial charge on any atom is 0.325 e. The normalized spacial score (nSPS) is 15.3. The Morgan fingerprint density at radius 3 is 2.78 bits per heavy atom. The van der Waals surface area contributed by atoms with Crippen molar-refractivity contribution in [3.63, 3.8) is 0 Å². The van der Waals surface area contributed by atoms with Crippen LogP contribution in [0.2, 0.25) is 0 Å². The fourth-order valence-electron chi connectivity index (χ4n) is 2.99. The van der Waals surface area contributed by atoms with Crippen molar-refractivity contribution in [2.24, 2.45) is 0 Å². The molecular weight excluding hydrogens is 350 g/mol. The van der Waals surface area contributed by atoms with E-state index in [1.807, 2.05) is 30.3 Å². The van der Waals surface area contributed by atoms with Crippen molar-refractivity contribution in [1.82, 2.24) is 25.2 Å². The van der Waals surface area contributed by atoms with Crippen LogP contribution in [0.3, 0.4) is 0 Å². The third-order valence-electron chi connectivity index (χ3n) is 4.20. The number of benzene rings is 1. The van der Waals surface area contributed by atoms with Gasteiger partial charge in [0.1, 0.15) is 12.2 Å². The average molecular weight is 369 g/mol. The first kappa shape index (κ1) is 18.3. The van der Waals surface area contributed by atoms with Crippen LogP contribution in [-0.2, 0) is 27.5 Å². The summed E-state index contributed by atoms with van der Waals surface area (Å²) in [5.74, 6) is -1.41. The van der Waals surface area contributed by atoms with Crippen LogP contribution in [0.4, 0.5) is 0 Å². The van der Waals surface area contributed by atoms with E-state index < -0.39 is 5.97 Å². The summed E-state index contributed by atoms with van der Waals surface area (Å²) < 4.78 is 1.18. The molecule has 1 aliphatic rings. The smallest absolute Gasteiger partial charge is 0.325 e. The number of carboxylic acids is 1. The Morgan fingerprint density at radius 1 is 1.26 bits per heavy atom. The van der Waals surface area contributed by atoms with E-state index in [0.29, 0.717) is 5.69 Å². The molecule has 0 fully saturated rings. The van der Waals surface area contributed by atoms with Crippen molar-refractivity contribution in [2.45, 2.75) is 32.5 Å². The molecule has 0 saturated carbocycles. The van der Waals surface area contributed by atoms with Crippen molar-refractivity contribution in [1.29, 1.82) is 0 Å². The van der Waals surface area contributed by atoms with E-state index >= 15 is 0 Å². The fraction of sp³-hybridized carbons (Fsp3) is 0.278. The number of aliphatic carboxylic acids is 1. The number of hydrogen-bond acceptors (Lipinski definition) is 5. The molecule has 0 radical (unpaired) electrons. The molecule has 1 aliphatic heterocycles. The van der Waals surface area contributed by atoms with Gasteiger partial charge in [-0.15, -0.1) is 5.10 Å². The zero-order valence-electron chi connectivity index (χ0n) is 14.7. The van der Waals surface area contributed by atoms with Gasteiger partial charge in [0, 0.05) is 13.1 Å². The highest BCUT2D eigenvalue weighted by Gasteiger charge is 2.28. The van der Waals surface area contributed by atoms with Gasteiger partial charge in [-0.1, -0.05) is 29.5 Å². The number of hydrogen-bond donors (Lipinski definition) is 2. The van der Waals surface area contributed by atoms with Gasteiger partial charge in [0.2, 0.25) is 11.8 Å². The summed E-state index contributed by atoms with van der Waals surface area (Å²) in [4.78, 5) is 36.6. The topological polar surface area (TPSA) is 117 Å². The number of amides is 2. The molecular formula is C18H19N5O4. The number of aromatic nitrogens is 3. The minimum absolute atomic E-state index is 0.101. The van der Waals surface area contributed by atoms with E-state index in [9.17, 15) is 14.4 Å². The van der Waals surface area contributed by atoms with Crippen LogP contribution in [0.15, 0.2) is 36.7 Å². The van der Waals surface area contributed by atoms with Crippen molar-refractivity contribution >= 4 is 23.9 Å². The Labute approximate surface area is 155 Å². The van der Waals surface area contributed by atoms with E-state index in [1.54, 1.807) is 11.1 Å². The fourth-order valence-corrected chi connectivity index (χ4v) is 2.99. The minimum Gasteiger partial charge on any atom is -0.480 e. The molecule has 0 aliphatic carbocycles. The molecule has 9 heteroatoms. The highest BCUT2D eigenvalue weighted by atomic mass is 16.4. The van der Waals surface area contributed by atoms with Crippen molar-refractivity contribution in [2.75, 3.05) is 0 Å². The molecule has 2 N–H and O–H groups in total. The highest BCUT2D eigenvalue weighted by molar-refractivity contribution is 5.81. The van der Waals surface area contributed by atoms with E-state index in [0.717, 1.165) is 11.1 Å². The van der Waals surface area contributed by atoms with Gasteiger partial charge in [-0.05, 0) is 17.2 Å². The second-order valence-corrected chi connectivity index (χ2v) is 6.17. The first-order valence-electron chi connectivity index (χ1n) is 8.37. The Bertz CT molecular complexity index is 905. The van der Waals surface area contributed by atoms with Crippen LogP contribution in [0.5, 0.6) is 0 Å². The lowest BCUT2D eigenvalue weighted by atomic mass is 9.93. The van der Waals surface area contributed by atoms with Crippen LogP contribution in [-0.4, -0.2) is 42.8 Å². The van der Waals surface area contributed by atoms with Gasteiger partial charge in [-0.3, -0.25) is 14.4 Å². The average Bonchev–Trinajstić information content (AvgIpc) is 3.06. The molecule has 1 unspecified atom stereocenters. The molecule has 1 aromatic heterocycles. The second kappa shape index (κ2) is 7.81. The van der Waals surface area contributed by atoms with Crippen molar-refractivity contribution < 1.29 is 19.5 Å². The Hall–Kier alpha value is -3.49. The summed E-state index contributed by atoms with van der Waals surface area (Å²) in [6.45, 7) is 1.30. The largest absolute Gasteiger partial charge is 0.480 e. The van der Waals surface area contributed by atoms with Gasteiger partial charge in [-0.25, -0.2) is 4.68 Å². The molecule has 0 bridgehead atoms. The first-order valence-corrected chi connectivity index (χ1v) is 8.37. The number of fused-ring (bicyclic) bond motifs is 1. The number of carbonyl (C=O) groups is 3. The number of nitrogens with zero attached hydrogens (tertiary/aromatic N) is 4. The molecule has 0 spiro atoms. The molecule has 1 aromatic carbocycles. The quantitative estimate of drug-likeness (QED) is 0.783. The monoisotopic (exact) mass is 369 g/mol. The van der Waals surface area contributed by atoms with Crippen molar-refractivity contribution in [3.8, 4) is 0 Å². The Kier molecular flexibility index (Phi) is 5.30. The van der Waals surface area contributed by atoms with Crippen LogP contribution in [0.25, 0.3) is 6.08 Å².